The molecule has 1 unspecified atom stereocenters. The molecule has 0 aliphatic heterocycles. The number of pyridine rings is 1. The first-order valence-electron chi connectivity index (χ1n) is 6.74. The van der Waals surface area contributed by atoms with Crippen LogP contribution in [0.5, 0.6) is 0 Å². The lowest BCUT2D eigenvalue weighted by Gasteiger charge is -2.15. The number of rotatable bonds is 7. The largest absolute Gasteiger partial charge is 0.480 e. The second-order valence-corrected chi connectivity index (χ2v) is 5.07. The molecule has 0 bridgehead atoms. The van der Waals surface area contributed by atoms with Gasteiger partial charge in [0.05, 0.1) is 5.56 Å². The number of aromatic nitrogens is 1. The number of nitrogens with one attached hydrogen (secondary N) is 1. The van der Waals surface area contributed by atoms with E-state index in [2.05, 4.69) is 22.9 Å². The number of aliphatic carboxylic acids is 1. The molecular weight excluding hydrogens is 300 g/mol. The van der Waals surface area contributed by atoms with Crippen molar-refractivity contribution in [3.05, 3.63) is 59.8 Å². The van der Waals surface area contributed by atoms with Gasteiger partial charge in [0.1, 0.15) is 11.9 Å². The molecule has 0 saturated heterocycles. The number of carbonyl (C=O) groups is 2. The van der Waals surface area contributed by atoms with Crippen molar-refractivity contribution >= 4 is 30.2 Å². The minimum Gasteiger partial charge on any atom is -0.480 e. The molecule has 0 radical (unpaired) electrons. The van der Waals surface area contributed by atoms with E-state index >= 15 is 0 Å². The molecule has 1 atom stereocenters. The van der Waals surface area contributed by atoms with Crippen LogP contribution in [0.1, 0.15) is 15.9 Å². The van der Waals surface area contributed by atoms with Crippen LogP contribution in [0.2, 0.25) is 0 Å². The standard InChI is InChI=1S/C16H16N2O3S/c19-14(9-11-5-2-1-3-6-11)12-7-4-8-17-15(12)18-13(10-22)16(20)21/h1-8,13,22H,9-10H2,(H,17,18)(H,20,21). The fourth-order valence-electron chi connectivity index (χ4n) is 1.97. The van der Waals surface area contributed by atoms with Crippen LogP contribution < -0.4 is 5.32 Å². The minimum absolute atomic E-state index is 0.0955. The van der Waals surface area contributed by atoms with Crippen molar-refractivity contribution in [2.45, 2.75) is 12.5 Å². The average Bonchev–Trinajstić information content (AvgIpc) is 2.53. The van der Waals surface area contributed by atoms with Gasteiger partial charge in [-0.2, -0.15) is 12.6 Å². The summed E-state index contributed by atoms with van der Waals surface area (Å²) >= 11 is 4.00. The van der Waals surface area contributed by atoms with Crippen molar-refractivity contribution in [3.63, 3.8) is 0 Å². The van der Waals surface area contributed by atoms with Gasteiger partial charge in [-0.3, -0.25) is 4.79 Å². The zero-order valence-electron chi connectivity index (χ0n) is 11.8. The Hall–Kier alpha value is -2.34. The summed E-state index contributed by atoms with van der Waals surface area (Å²) in [6.45, 7) is 0. The highest BCUT2D eigenvalue weighted by Crippen LogP contribution is 2.16. The fraction of sp³-hybridized carbons (Fsp3) is 0.188. The topological polar surface area (TPSA) is 79.3 Å². The summed E-state index contributed by atoms with van der Waals surface area (Å²) < 4.78 is 0. The van der Waals surface area contributed by atoms with Crippen LogP contribution in [0.4, 0.5) is 5.82 Å². The Morgan fingerprint density at radius 2 is 1.91 bits per heavy atom. The molecule has 0 amide bonds. The van der Waals surface area contributed by atoms with Gasteiger partial charge in [-0.15, -0.1) is 0 Å². The fourth-order valence-corrected chi connectivity index (χ4v) is 2.22. The number of nitrogens with zero attached hydrogens (tertiary/aromatic N) is 1. The van der Waals surface area contributed by atoms with E-state index in [1.165, 1.54) is 6.20 Å². The van der Waals surface area contributed by atoms with Gasteiger partial charge in [0.2, 0.25) is 0 Å². The number of carbonyl (C=O) groups excluding carboxylic acids is 1. The molecule has 0 aliphatic carbocycles. The number of anilines is 1. The smallest absolute Gasteiger partial charge is 0.327 e. The Balaban J connectivity index is 2.20. The number of carboxylic acid groups (broad SMARTS) is 1. The normalized spacial score (nSPS) is 11.7. The second-order valence-electron chi connectivity index (χ2n) is 4.70. The number of carboxylic acids is 1. The quantitative estimate of drug-likeness (QED) is 0.539. The van der Waals surface area contributed by atoms with Crippen LogP contribution in [0.3, 0.4) is 0 Å². The molecule has 0 fully saturated rings. The molecule has 0 aliphatic rings. The van der Waals surface area contributed by atoms with Gasteiger partial charge >= 0.3 is 5.97 Å². The molecule has 2 N–H and O–H groups in total. The lowest BCUT2D eigenvalue weighted by molar-refractivity contribution is -0.137. The molecule has 6 heteroatoms. The van der Waals surface area contributed by atoms with E-state index in [1.54, 1.807) is 12.1 Å². The molecule has 2 aromatic rings. The number of hydrogen-bond acceptors (Lipinski definition) is 5. The van der Waals surface area contributed by atoms with E-state index in [4.69, 9.17) is 5.11 Å². The second kappa shape index (κ2) is 7.61. The number of ketones is 1. The molecule has 0 saturated carbocycles. The highest BCUT2D eigenvalue weighted by molar-refractivity contribution is 7.80. The first kappa shape index (κ1) is 16.0. The highest BCUT2D eigenvalue weighted by Gasteiger charge is 2.19. The summed E-state index contributed by atoms with van der Waals surface area (Å²) in [5, 5.41) is 11.8. The zero-order valence-corrected chi connectivity index (χ0v) is 12.7. The van der Waals surface area contributed by atoms with Crippen LogP contribution in [-0.2, 0) is 11.2 Å². The number of thiol groups is 1. The average molecular weight is 316 g/mol. The van der Waals surface area contributed by atoms with E-state index in [0.29, 0.717) is 5.56 Å². The van der Waals surface area contributed by atoms with Gasteiger partial charge in [-0.25, -0.2) is 9.78 Å². The third-order valence-corrected chi connectivity index (χ3v) is 3.47. The lowest BCUT2D eigenvalue weighted by Crippen LogP contribution is -2.32. The van der Waals surface area contributed by atoms with Gasteiger partial charge in [-0.1, -0.05) is 30.3 Å². The Labute approximate surface area is 133 Å². The van der Waals surface area contributed by atoms with E-state index < -0.39 is 12.0 Å². The van der Waals surface area contributed by atoms with Crippen LogP contribution in [-0.4, -0.2) is 33.6 Å². The summed E-state index contributed by atoms with van der Waals surface area (Å²) in [6, 6.07) is 11.7. The molecule has 5 nitrogen and oxygen atoms in total. The molecule has 1 aromatic carbocycles. The monoisotopic (exact) mass is 316 g/mol. The minimum atomic E-state index is -1.04. The van der Waals surface area contributed by atoms with E-state index in [1.807, 2.05) is 30.3 Å². The number of benzene rings is 1. The van der Waals surface area contributed by atoms with Gasteiger partial charge in [0, 0.05) is 18.4 Å². The first-order valence-corrected chi connectivity index (χ1v) is 7.37. The Kier molecular flexibility index (Phi) is 5.55. The van der Waals surface area contributed by atoms with E-state index in [-0.39, 0.29) is 23.8 Å². The predicted molar refractivity (Wildman–Crippen MR) is 87.6 cm³/mol. The Morgan fingerprint density at radius 1 is 1.18 bits per heavy atom. The molecule has 114 valence electrons. The highest BCUT2D eigenvalue weighted by atomic mass is 32.1. The molecular formula is C16H16N2O3S. The van der Waals surface area contributed by atoms with Crippen molar-refractivity contribution < 1.29 is 14.7 Å². The summed E-state index contributed by atoms with van der Waals surface area (Å²) in [7, 11) is 0. The number of Topliss-reactive ketones (excluding diaryl/α,β-unsaturated/α-hetero) is 1. The SMILES string of the molecule is O=C(Cc1ccccc1)c1cccnc1NC(CS)C(=O)O. The predicted octanol–water partition coefficient (Wildman–Crippen LogP) is 2.30. The summed E-state index contributed by atoms with van der Waals surface area (Å²) in [4.78, 5) is 27.6. The van der Waals surface area contributed by atoms with Crippen LogP contribution in [0.15, 0.2) is 48.7 Å². The number of hydrogen-bond donors (Lipinski definition) is 3. The third kappa shape index (κ3) is 4.08. The van der Waals surface area contributed by atoms with Gasteiger partial charge in [0.25, 0.3) is 0 Å². The van der Waals surface area contributed by atoms with Gasteiger partial charge in [0.15, 0.2) is 5.78 Å². The van der Waals surface area contributed by atoms with Crippen molar-refractivity contribution in [2.24, 2.45) is 0 Å². The third-order valence-electron chi connectivity index (χ3n) is 3.11. The maximum atomic E-state index is 12.4. The molecule has 22 heavy (non-hydrogen) atoms. The summed E-state index contributed by atoms with van der Waals surface area (Å²) in [6.07, 6.45) is 1.75. The van der Waals surface area contributed by atoms with Gasteiger partial charge in [-0.05, 0) is 17.7 Å². The maximum absolute atomic E-state index is 12.4. The Morgan fingerprint density at radius 3 is 2.55 bits per heavy atom. The van der Waals surface area contributed by atoms with Crippen LogP contribution >= 0.6 is 12.6 Å². The van der Waals surface area contributed by atoms with E-state index in [0.717, 1.165) is 5.56 Å². The van der Waals surface area contributed by atoms with Crippen molar-refractivity contribution in [1.29, 1.82) is 0 Å². The first-order chi connectivity index (χ1) is 10.6. The van der Waals surface area contributed by atoms with Crippen LogP contribution in [0, 0.1) is 0 Å². The summed E-state index contributed by atoms with van der Waals surface area (Å²) in [5.41, 5.74) is 1.27. The maximum Gasteiger partial charge on any atom is 0.327 e. The lowest BCUT2D eigenvalue weighted by atomic mass is 10.0. The molecule has 2 rings (SSSR count). The van der Waals surface area contributed by atoms with Gasteiger partial charge < -0.3 is 10.4 Å². The molecule has 0 spiro atoms. The molecule has 1 aromatic heterocycles. The van der Waals surface area contributed by atoms with Crippen LogP contribution in [0.25, 0.3) is 0 Å². The van der Waals surface area contributed by atoms with E-state index in [9.17, 15) is 9.59 Å². The summed E-state index contributed by atoms with van der Waals surface area (Å²) in [5.74, 6) is -0.796. The Bertz CT molecular complexity index is 661. The van der Waals surface area contributed by atoms with Crippen molar-refractivity contribution in [2.75, 3.05) is 11.1 Å². The molecule has 1 heterocycles. The van der Waals surface area contributed by atoms with Crippen molar-refractivity contribution in [3.8, 4) is 0 Å². The zero-order chi connectivity index (χ0) is 15.9. The van der Waals surface area contributed by atoms with Crippen molar-refractivity contribution in [1.82, 2.24) is 4.98 Å².